The van der Waals surface area contributed by atoms with E-state index >= 15 is 0 Å². The highest BCUT2D eigenvalue weighted by Crippen LogP contribution is 2.12. The maximum Gasteiger partial charge on any atom is 0.0565 e. The minimum Gasteiger partial charge on any atom is -0.314 e. The van der Waals surface area contributed by atoms with Crippen molar-refractivity contribution < 1.29 is 0 Å². The highest BCUT2D eigenvalue weighted by molar-refractivity contribution is 5.31. The lowest BCUT2D eigenvalue weighted by Gasteiger charge is -2.32. The molecule has 0 aromatic rings. The number of allylic oxidation sites excluding steroid dienone is 2. The van der Waals surface area contributed by atoms with Crippen molar-refractivity contribution in [3.63, 3.8) is 0 Å². The Hall–Kier alpha value is -0.930. The minimum absolute atomic E-state index is 0.340. The first kappa shape index (κ1) is 11.1. The van der Waals surface area contributed by atoms with Crippen molar-refractivity contribution in [1.82, 2.24) is 10.2 Å². The van der Waals surface area contributed by atoms with Crippen molar-refractivity contribution in [3.05, 3.63) is 24.4 Å². The number of hydrogen-bond donors (Lipinski definition) is 1. The zero-order valence-corrected chi connectivity index (χ0v) is 8.87. The molecule has 1 aliphatic rings. The largest absolute Gasteiger partial charge is 0.314 e. The summed E-state index contributed by atoms with van der Waals surface area (Å²) in [4.78, 5) is 6.43. The van der Waals surface area contributed by atoms with Crippen molar-refractivity contribution in [2.24, 2.45) is 4.99 Å². The van der Waals surface area contributed by atoms with Gasteiger partial charge in [-0.15, -0.1) is 0 Å². The molecule has 0 aromatic carbocycles. The zero-order chi connectivity index (χ0) is 10.4. The lowest BCUT2D eigenvalue weighted by Crippen LogP contribution is -2.47. The van der Waals surface area contributed by atoms with Gasteiger partial charge in [-0.3, -0.25) is 9.89 Å². The Labute approximate surface area is 86.2 Å². The average molecular weight is 193 g/mol. The molecule has 1 aliphatic heterocycles. The Balaban J connectivity index is 2.60. The summed E-state index contributed by atoms with van der Waals surface area (Å²) in [6.45, 7) is 13.7. The summed E-state index contributed by atoms with van der Waals surface area (Å²) in [5, 5.41) is 3.33. The van der Waals surface area contributed by atoms with Crippen LogP contribution in [0.3, 0.4) is 0 Å². The van der Waals surface area contributed by atoms with Crippen LogP contribution in [0.1, 0.15) is 6.92 Å². The van der Waals surface area contributed by atoms with E-state index in [0.29, 0.717) is 6.04 Å². The first-order chi connectivity index (χ1) is 6.79. The third kappa shape index (κ3) is 2.79. The molecule has 1 saturated heterocycles. The molecule has 1 N–H and O–H groups in total. The third-order valence-electron chi connectivity index (χ3n) is 2.60. The Morgan fingerprint density at radius 3 is 2.64 bits per heavy atom. The van der Waals surface area contributed by atoms with E-state index in [1.807, 2.05) is 6.08 Å². The van der Waals surface area contributed by atoms with Gasteiger partial charge < -0.3 is 5.32 Å². The molecule has 78 valence electrons. The number of piperazine rings is 1. The predicted octanol–water partition coefficient (Wildman–Crippen LogP) is 1.05. The van der Waals surface area contributed by atoms with Crippen molar-refractivity contribution in [1.29, 1.82) is 0 Å². The van der Waals surface area contributed by atoms with Gasteiger partial charge in [-0.05, 0) is 19.7 Å². The van der Waals surface area contributed by atoms with Crippen LogP contribution in [0.4, 0.5) is 0 Å². The van der Waals surface area contributed by atoms with Gasteiger partial charge in [-0.25, -0.2) is 0 Å². The van der Waals surface area contributed by atoms with E-state index in [9.17, 15) is 0 Å². The van der Waals surface area contributed by atoms with Gasteiger partial charge in [0.25, 0.3) is 0 Å². The van der Waals surface area contributed by atoms with Gasteiger partial charge in [0.1, 0.15) is 0 Å². The van der Waals surface area contributed by atoms with E-state index < -0.39 is 0 Å². The summed E-state index contributed by atoms with van der Waals surface area (Å²) in [6, 6.07) is 0.340. The second-order valence-corrected chi connectivity index (χ2v) is 3.45. The second kappa shape index (κ2) is 5.73. The van der Waals surface area contributed by atoms with E-state index in [-0.39, 0.29) is 0 Å². The maximum absolute atomic E-state index is 4.03. The number of aliphatic imine (C=N–C) groups is 1. The summed E-state index contributed by atoms with van der Waals surface area (Å²) in [6.07, 6.45) is 3.70. The molecule has 0 saturated carbocycles. The molecule has 0 aliphatic carbocycles. The van der Waals surface area contributed by atoms with Crippen molar-refractivity contribution in [3.8, 4) is 0 Å². The van der Waals surface area contributed by atoms with Gasteiger partial charge in [-0.2, -0.15) is 0 Å². The molecule has 0 aromatic heterocycles. The topological polar surface area (TPSA) is 27.6 Å². The van der Waals surface area contributed by atoms with E-state index in [0.717, 1.165) is 31.9 Å². The van der Waals surface area contributed by atoms with E-state index in [1.54, 1.807) is 6.08 Å². The van der Waals surface area contributed by atoms with Crippen LogP contribution in [0.5, 0.6) is 0 Å². The minimum atomic E-state index is 0.340. The van der Waals surface area contributed by atoms with Gasteiger partial charge in [-0.1, -0.05) is 12.7 Å². The summed E-state index contributed by atoms with van der Waals surface area (Å²) < 4.78 is 0. The highest BCUT2D eigenvalue weighted by Gasteiger charge is 2.18. The van der Waals surface area contributed by atoms with E-state index in [1.165, 1.54) is 0 Å². The molecule has 1 unspecified atom stereocenters. The Kier molecular flexibility index (Phi) is 4.56. The average Bonchev–Trinajstić information content (AvgIpc) is 2.26. The molecule has 0 bridgehead atoms. The van der Waals surface area contributed by atoms with E-state index in [4.69, 9.17) is 0 Å². The molecule has 0 radical (unpaired) electrons. The van der Waals surface area contributed by atoms with Gasteiger partial charge >= 0.3 is 0 Å². The summed E-state index contributed by atoms with van der Waals surface area (Å²) >= 11 is 0. The van der Waals surface area contributed by atoms with E-state index in [2.05, 4.69) is 35.4 Å². The fraction of sp³-hybridized carbons (Fsp3) is 0.545. The van der Waals surface area contributed by atoms with Crippen molar-refractivity contribution >= 4 is 6.72 Å². The molecule has 1 fully saturated rings. The highest BCUT2D eigenvalue weighted by atomic mass is 15.2. The molecule has 1 heterocycles. The Morgan fingerprint density at radius 1 is 1.50 bits per heavy atom. The summed E-state index contributed by atoms with van der Waals surface area (Å²) in [5.74, 6) is 0. The van der Waals surface area contributed by atoms with Crippen LogP contribution < -0.4 is 5.32 Å². The molecule has 1 rings (SSSR count). The fourth-order valence-corrected chi connectivity index (χ4v) is 1.70. The molecular weight excluding hydrogens is 174 g/mol. The first-order valence-corrected chi connectivity index (χ1v) is 5.03. The zero-order valence-electron chi connectivity index (χ0n) is 8.87. The summed E-state index contributed by atoms with van der Waals surface area (Å²) in [7, 11) is 0. The van der Waals surface area contributed by atoms with Crippen molar-refractivity contribution in [2.75, 3.05) is 26.2 Å². The van der Waals surface area contributed by atoms with Gasteiger partial charge in [0.15, 0.2) is 0 Å². The smallest absolute Gasteiger partial charge is 0.0565 e. The molecule has 3 heteroatoms. The first-order valence-electron chi connectivity index (χ1n) is 5.03. The van der Waals surface area contributed by atoms with Gasteiger partial charge in [0.05, 0.1) is 5.70 Å². The van der Waals surface area contributed by atoms with Crippen LogP contribution in [0.15, 0.2) is 29.4 Å². The number of nitrogens with zero attached hydrogens (tertiary/aromatic N) is 2. The van der Waals surface area contributed by atoms with Crippen LogP contribution in [-0.2, 0) is 0 Å². The summed E-state index contributed by atoms with van der Waals surface area (Å²) in [5.41, 5.74) is 1.00. The monoisotopic (exact) mass is 193 g/mol. The van der Waals surface area contributed by atoms with Crippen molar-refractivity contribution in [2.45, 2.75) is 13.0 Å². The maximum atomic E-state index is 4.03. The second-order valence-electron chi connectivity index (χ2n) is 3.45. The van der Waals surface area contributed by atoms with Crippen LogP contribution in [0, 0.1) is 0 Å². The normalized spacial score (nSPS) is 21.6. The lowest BCUT2D eigenvalue weighted by molar-refractivity contribution is 0.204. The van der Waals surface area contributed by atoms with Crippen LogP contribution in [0.2, 0.25) is 0 Å². The fourth-order valence-electron chi connectivity index (χ4n) is 1.70. The predicted molar refractivity (Wildman–Crippen MR) is 61.7 cm³/mol. The number of hydrogen-bond acceptors (Lipinski definition) is 3. The van der Waals surface area contributed by atoms with Crippen LogP contribution >= 0.6 is 0 Å². The van der Waals surface area contributed by atoms with Gasteiger partial charge in [0, 0.05) is 32.2 Å². The molecule has 0 amide bonds. The molecule has 1 atom stereocenters. The molecule has 3 nitrogen and oxygen atoms in total. The molecular formula is C11H19N3. The number of nitrogens with one attached hydrogen (secondary N) is 1. The standard InChI is InChI=1S/C11H19N3/c1-4-5-11(12-3)10(2)14-8-6-13-7-9-14/h4-5,10,13H,1,3,6-9H2,2H3/b11-5-. The number of rotatable bonds is 4. The molecule has 14 heavy (non-hydrogen) atoms. The third-order valence-corrected chi connectivity index (χ3v) is 2.60. The van der Waals surface area contributed by atoms with Crippen LogP contribution in [-0.4, -0.2) is 43.8 Å². The van der Waals surface area contributed by atoms with Crippen LogP contribution in [0.25, 0.3) is 0 Å². The Bertz CT molecular complexity index is 227. The lowest BCUT2D eigenvalue weighted by atomic mass is 10.1. The molecule has 0 spiro atoms. The quantitative estimate of drug-likeness (QED) is 0.534. The SMILES string of the molecule is C=C/C=C(\N=C)C(C)N1CCNCC1. The van der Waals surface area contributed by atoms with Gasteiger partial charge in [0.2, 0.25) is 0 Å². The Morgan fingerprint density at radius 2 is 2.14 bits per heavy atom.